The largest absolute Gasteiger partial charge is 0.321 e. The normalized spacial score (nSPS) is 11.5. The third-order valence-electron chi connectivity index (χ3n) is 5.34. The molecule has 1 amide bonds. The summed E-state index contributed by atoms with van der Waals surface area (Å²) in [6, 6.07) is 28.2. The number of hydrogen-bond donors (Lipinski definition) is 1. The number of hydrogen-bond acceptors (Lipinski definition) is 4. The number of anilines is 1. The van der Waals surface area contributed by atoms with E-state index < -0.39 is 9.84 Å². The second kappa shape index (κ2) is 7.90. The fourth-order valence-electron chi connectivity index (χ4n) is 3.68. The first kappa shape index (κ1) is 19.9. The number of rotatable bonds is 4. The molecule has 0 saturated carbocycles. The van der Waals surface area contributed by atoms with Gasteiger partial charge >= 0.3 is 0 Å². The molecule has 32 heavy (non-hydrogen) atoms. The molecule has 0 unspecified atom stereocenters. The highest BCUT2D eigenvalue weighted by Crippen LogP contribution is 2.26. The summed E-state index contributed by atoms with van der Waals surface area (Å²) in [5, 5.41) is 6.31. The second-order valence-corrected chi connectivity index (χ2v) is 9.32. The van der Waals surface area contributed by atoms with Crippen molar-refractivity contribution in [2.24, 2.45) is 0 Å². The zero-order chi connectivity index (χ0) is 22.1. The predicted octanol–water partition coefficient (Wildman–Crippen LogP) is 5.47. The Bertz CT molecular complexity index is 1570. The molecule has 0 aliphatic rings. The van der Waals surface area contributed by atoms with Crippen molar-refractivity contribution in [3.63, 3.8) is 0 Å². The number of aromatic nitrogens is 1. The number of pyridine rings is 1. The smallest absolute Gasteiger partial charge is 0.274 e. The lowest BCUT2D eigenvalue weighted by molar-refractivity contribution is 0.102. The third-order valence-corrected chi connectivity index (χ3v) is 7.11. The van der Waals surface area contributed by atoms with Crippen molar-refractivity contribution in [1.82, 2.24) is 4.98 Å². The molecule has 0 aliphatic heterocycles. The van der Waals surface area contributed by atoms with Gasteiger partial charge in [-0.25, -0.2) is 8.42 Å². The first-order chi connectivity index (χ1) is 15.5. The fraction of sp³-hybridized carbons (Fsp3) is 0. The lowest BCUT2D eigenvalue weighted by Crippen LogP contribution is -2.14. The average molecular weight is 439 g/mol. The van der Waals surface area contributed by atoms with Crippen LogP contribution in [-0.2, 0) is 9.84 Å². The van der Waals surface area contributed by atoms with E-state index in [1.165, 1.54) is 12.1 Å². The topological polar surface area (TPSA) is 76.1 Å². The van der Waals surface area contributed by atoms with Gasteiger partial charge in [0.05, 0.1) is 9.79 Å². The minimum atomic E-state index is -3.68. The second-order valence-electron chi connectivity index (χ2n) is 7.37. The highest BCUT2D eigenvalue weighted by atomic mass is 32.2. The van der Waals surface area contributed by atoms with E-state index in [9.17, 15) is 13.2 Å². The van der Waals surface area contributed by atoms with Crippen LogP contribution in [0, 0.1) is 0 Å². The third kappa shape index (κ3) is 3.61. The summed E-state index contributed by atoms with van der Waals surface area (Å²) < 4.78 is 26.2. The van der Waals surface area contributed by atoms with Crippen molar-refractivity contribution in [2.45, 2.75) is 9.79 Å². The van der Waals surface area contributed by atoms with E-state index in [1.54, 1.807) is 36.5 Å². The van der Waals surface area contributed by atoms with E-state index >= 15 is 0 Å². The summed E-state index contributed by atoms with van der Waals surface area (Å²) in [4.78, 5) is 17.4. The molecule has 5 aromatic rings. The summed E-state index contributed by atoms with van der Waals surface area (Å²) in [5.74, 6) is -0.355. The van der Waals surface area contributed by atoms with Gasteiger partial charge < -0.3 is 5.32 Å². The van der Waals surface area contributed by atoms with E-state index in [1.807, 2.05) is 54.6 Å². The molecule has 0 radical (unpaired) electrons. The number of amides is 1. The zero-order valence-corrected chi connectivity index (χ0v) is 17.7. The van der Waals surface area contributed by atoms with Crippen LogP contribution < -0.4 is 5.32 Å². The standard InChI is InChI=1S/C26H18N2O3S/c29-26(25-24-8-4-3-6-19(24)15-16-27-25)28-21-10-13-22(14-11-21)32(30,31)23-12-9-18-5-1-2-7-20(18)17-23/h1-17H,(H,28,29). The number of fused-ring (bicyclic) bond motifs is 2. The Labute approximate surface area is 185 Å². The Morgan fingerprint density at radius 1 is 0.688 bits per heavy atom. The van der Waals surface area contributed by atoms with Gasteiger partial charge in [0.1, 0.15) is 5.69 Å². The molecule has 1 N–H and O–H groups in total. The van der Waals surface area contributed by atoms with E-state index in [4.69, 9.17) is 0 Å². The number of carbonyl (C=O) groups excluding carboxylic acids is 1. The predicted molar refractivity (Wildman–Crippen MR) is 126 cm³/mol. The van der Waals surface area contributed by atoms with Gasteiger partial charge in [0.25, 0.3) is 5.91 Å². The van der Waals surface area contributed by atoms with Gasteiger partial charge in [0.15, 0.2) is 0 Å². The monoisotopic (exact) mass is 438 g/mol. The Morgan fingerprint density at radius 2 is 1.34 bits per heavy atom. The molecule has 0 saturated heterocycles. The maximum absolute atomic E-state index is 13.1. The molecule has 6 heteroatoms. The highest BCUT2D eigenvalue weighted by molar-refractivity contribution is 7.91. The Balaban J connectivity index is 1.41. The summed E-state index contributed by atoms with van der Waals surface area (Å²) in [6.45, 7) is 0. The maximum Gasteiger partial charge on any atom is 0.274 e. The van der Waals surface area contributed by atoms with Gasteiger partial charge in [-0.2, -0.15) is 0 Å². The molecule has 0 atom stereocenters. The van der Waals surface area contributed by atoms with Crippen LogP contribution in [0.5, 0.6) is 0 Å². The summed E-state index contributed by atoms with van der Waals surface area (Å²) in [6.07, 6.45) is 1.59. The molecule has 4 aromatic carbocycles. The van der Waals surface area contributed by atoms with Crippen LogP contribution in [0.3, 0.4) is 0 Å². The highest BCUT2D eigenvalue weighted by Gasteiger charge is 2.18. The first-order valence-electron chi connectivity index (χ1n) is 10.0. The van der Waals surface area contributed by atoms with Crippen LogP contribution in [0.4, 0.5) is 5.69 Å². The molecule has 0 bridgehead atoms. The van der Waals surface area contributed by atoms with Crippen molar-refractivity contribution >= 4 is 43.0 Å². The molecule has 0 fully saturated rings. The first-order valence-corrected chi connectivity index (χ1v) is 11.5. The molecular weight excluding hydrogens is 420 g/mol. The van der Waals surface area contributed by atoms with E-state index in [0.29, 0.717) is 11.4 Å². The van der Waals surface area contributed by atoms with E-state index in [0.717, 1.165) is 21.5 Å². The number of nitrogens with zero attached hydrogens (tertiary/aromatic N) is 1. The number of nitrogens with one attached hydrogen (secondary N) is 1. The van der Waals surface area contributed by atoms with Crippen molar-refractivity contribution in [1.29, 1.82) is 0 Å². The Kier molecular flexibility index (Phi) is 4.92. The molecule has 1 aromatic heterocycles. The van der Waals surface area contributed by atoms with Gasteiger partial charge in [-0.05, 0) is 58.6 Å². The van der Waals surface area contributed by atoms with Crippen LogP contribution in [0.1, 0.15) is 10.5 Å². The van der Waals surface area contributed by atoms with E-state index in [-0.39, 0.29) is 15.7 Å². The molecule has 5 nitrogen and oxygen atoms in total. The number of benzene rings is 4. The molecule has 0 aliphatic carbocycles. The van der Waals surface area contributed by atoms with Crippen molar-refractivity contribution in [3.05, 3.63) is 109 Å². The van der Waals surface area contributed by atoms with Gasteiger partial charge in [0.2, 0.25) is 9.84 Å². The summed E-state index contributed by atoms with van der Waals surface area (Å²) >= 11 is 0. The lowest BCUT2D eigenvalue weighted by Gasteiger charge is -2.09. The average Bonchev–Trinajstić information content (AvgIpc) is 2.83. The zero-order valence-electron chi connectivity index (χ0n) is 16.9. The molecular formula is C26H18N2O3S. The Morgan fingerprint density at radius 3 is 2.12 bits per heavy atom. The van der Waals surface area contributed by atoms with Gasteiger partial charge in [-0.3, -0.25) is 9.78 Å². The number of sulfone groups is 1. The number of carbonyl (C=O) groups is 1. The van der Waals surface area contributed by atoms with Crippen molar-refractivity contribution in [3.8, 4) is 0 Å². The van der Waals surface area contributed by atoms with Crippen molar-refractivity contribution < 1.29 is 13.2 Å². The van der Waals surface area contributed by atoms with Crippen LogP contribution in [0.2, 0.25) is 0 Å². The van der Waals surface area contributed by atoms with Crippen LogP contribution in [0.15, 0.2) is 113 Å². The Hall–Kier alpha value is -4.03. The van der Waals surface area contributed by atoms with Crippen molar-refractivity contribution in [2.75, 3.05) is 5.32 Å². The van der Waals surface area contributed by atoms with Crippen LogP contribution in [-0.4, -0.2) is 19.3 Å². The lowest BCUT2D eigenvalue weighted by atomic mass is 10.1. The molecule has 5 rings (SSSR count). The minimum absolute atomic E-state index is 0.161. The minimum Gasteiger partial charge on any atom is -0.321 e. The van der Waals surface area contributed by atoms with Gasteiger partial charge in [-0.1, -0.05) is 54.6 Å². The quantitative estimate of drug-likeness (QED) is 0.403. The van der Waals surface area contributed by atoms with Gasteiger partial charge in [0, 0.05) is 17.3 Å². The maximum atomic E-state index is 13.1. The molecule has 156 valence electrons. The fourth-order valence-corrected chi connectivity index (χ4v) is 4.97. The van der Waals surface area contributed by atoms with Crippen LogP contribution >= 0.6 is 0 Å². The van der Waals surface area contributed by atoms with Gasteiger partial charge in [-0.15, -0.1) is 0 Å². The molecule has 0 spiro atoms. The summed E-state index contributed by atoms with van der Waals surface area (Å²) in [5.41, 5.74) is 0.804. The van der Waals surface area contributed by atoms with Crippen LogP contribution in [0.25, 0.3) is 21.5 Å². The van der Waals surface area contributed by atoms with E-state index in [2.05, 4.69) is 10.3 Å². The molecule has 1 heterocycles. The summed E-state index contributed by atoms with van der Waals surface area (Å²) in [7, 11) is -3.68. The SMILES string of the molecule is O=C(Nc1ccc(S(=O)(=O)c2ccc3ccccc3c2)cc1)c1nccc2ccccc12.